The quantitative estimate of drug-likeness (QED) is 0.716. The van der Waals surface area contributed by atoms with E-state index in [1.165, 1.54) is 0 Å². The summed E-state index contributed by atoms with van der Waals surface area (Å²) < 4.78 is 13.3. The Balaban J connectivity index is 2.36. The maximum Gasteiger partial charge on any atom is 0.423 e. The Hall–Kier alpha value is -1.62. The van der Waals surface area contributed by atoms with Gasteiger partial charge in [0, 0.05) is 0 Å². The van der Waals surface area contributed by atoms with Crippen LogP contribution in [-0.4, -0.2) is 12.6 Å². The van der Waals surface area contributed by atoms with Gasteiger partial charge in [-0.25, -0.2) is 9.18 Å². The SMILES string of the molecule is NC(=O)ONCC(F)c1ccccc1. The van der Waals surface area contributed by atoms with Crippen molar-refractivity contribution in [3.05, 3.63) is 35.9 Å². The van der Waals surface area contributed by atoms with Gasteiger partial charge in [-0.05, 0) is 5.56 Å². The highest BCUT2D eigenvalue weighted by atomic mass is 19.1. The summed E-state index contributed by atoms with van der Waals surface area (Å²) in [7, 11) is 0. The zero-order chi connectivity index (χ0) is 10.4. The highest BCUT2D eigenvalue weighted by Gasteiger charge is 2.08. The van der Waals surface area contributed by atoms with Crippen molar-refractivity contribution in [2.24, 2.45) is 5.73 Å². The topological polar surface area (TPSA) is 64.4 Å². The number of rotatable bonds is 4. The summed E-state index contributed by atoms with van der Waals surface area (Å²) in [6, 6.07) is 8.56. The van der Waals surface area contributed by atoms with E-state index < -0.39 is 12.3 Å². The average molecular weight is 198 g/mol. The van der Waals surface area contributed by atoms with Crippen molar-refractivity contribution in [1.29, 1.82) is 0 Å². The highest BCUT2D eigenvalue weighted by molar-refractivity contribution is 5.64. The summed E-state index contributed by atoms with van der Waals surface area (Å²) in [6.45, 7) is -0.118. The Morgan fingerprint density at radius 1 is 1.50 bits per heavy atom. The molecule has 0 heterocycles. The van der Waals surface area contributed by atoms with E-state index in [1.54, 1.807) is 30.3 Å². The Kier molecular flexibility index (Phi) is 3.87. The molecule has 1 atom stereocenters. The fraction of sp³-hybridized carbons (Fsp3) is 0.222. The van der Waals surface area contributed by atoms with Gasteiger partial charge in [0.15, 0.2) is 0 Å². The summed E-state index contributed by atoms with van der Waals surface area (Å²) in [5.41, 5.74) is 7.33. The standard InChI is InChI=1S/C9H11FN2O2/c10-8(6-12-14-9(11)13)7-4-2-1-3-5-7/h1-5,8,12H,6H2,(H2,11,13). The molecule has 1 aromatic rings. The third-order valence-electron chi connectivity index (χ3n) is 1.60. The fourth-order valence-corrected chi connectivity index (χ4v) is 0.966. The minimum absolute atomic E-state index is 0.118. The molecule has 1 aromatic carbocycles. The second-order valence-electron chi connectivity index (χ2n) is 2.65. The summed E-state index contributed by atoms with van der Waals surface area (Å²) in [4.78, 5) is 14.3. The van der Waals surface area contributed by atoms with Gasteiger partial charge in [-0.15, -0.1) is 5.48 Å². The van der Waals surface area contributed by atoms with Crippen LogP contribution in [0.5, 0.6) is 0 Å². The number of carbonyl (C=O) groups excluding carboxylic acids is 1. The number of primary amides is 1. The fourth-order valence-electron chi connectivity index (χ4n) is 0.966. The van der Waals surface area contributed by atoms with Crippen molar-refractivity contribution in [2.45, 2.75) is 6.17 Å². The molecule has 0 aliphatic heterocycles. The predicted molar refractivity (Wildman–Crippen MR) is 49.0 cm³/mol. The van der Waals surface area contributed by atoms with E-state index in [2.05, 4.69) is 16.1 Å². The first kappa shape index (κ1) is 10.5. The third kappa shape index (κ3) is 3.40. The first-order valence-corrected chi connectivity index (χ1v) is 4.08. The molecule has 1 unspecified atom stereocenters. The van der Waals surface area contributed by atoms with Crippen LogP contribution in [0.25, 0.3) is 0 Å². The molecule has 14 heavy (non-hydrogen) atoms. The van der Waals surface area contributed by atoms with E-state index in [0.29, 0.717) is 5.56 Å². The van der Waals surface area contributed by atoms with Crippen LogP contribution in [0.2, 0.25) is 0 Å². The van der Waals surface area contributed by atoms with Crippen molar-refractivity contribution in [3.8, 4) is 0 Å². The molecular weight excluding hydrogens is 187 g/mol. The monoisotopic (exact) mass is 198 g/mol. The largest absolute Gasteiger partial charge is 0.423 e. The molecule has 0 bridgehead atoms. The molecule has 0 fully saturated rings. The first-order valence-electron chi connectivity index (χ1n) is 4.08. The number of hydrogen-bond acceptors (Lipinski definition) is 3. The minimum atomic E-state index is -1.23. The Morgan fingerprint density at radius 2 is 2.14 bits per heavy atom. The van der Waals surface area contributed by atoms with Crippen LogP contribution in [0.1, 0.15) is 11.7 Å². The number of hydrogen-bond donors (Lipinski definition) is 2. The predicted octanol–water partition coefficient (Wildman–Crippen LogP) is 1.30. The van der Waals surface area contributed by atoms with E-state index in [9.17, 15) is 9.18 Å². The molecule has 0 spiro atoms. The number of alkyl halides is 1. The molecule has 3 N–H and O–H groups in total. The number of hydroxylamine groups is 1. The van der Waals surface area contributed by atoms with Crippen LogP contribution in [-0.2, 0) is 4.84 Å². The number of nitrogens with two attached hydrogens (primary N) is 1. The van der Waals surface area contributed by atoms with Crippen molar-refractivity contribution in [3.63, 3.8) is 0 Å². The van der Waals surface area contributed by atoms with Crippen LogP contribution >= 0.6 is 0 Å². The second-order valence-corrected chi connectivity index (χ2v) is 2.65. The van der Waals surface area contributed by atoms with E-state index in [-0.39, 0.29) is 6.54 Å². The lowest BCUT2D eigenvalue weighted by atomic mass is 10.1. The van der Waals surface area contributed by atoms with Gasteiger partial charge in [-0.2, -0.15) is 0 Å². The first-order chi connectivity index (χ1) is 6.70. The molecule has 0 aromatic heterocycles. The van der Waals surface area contributed by atoms with Crippen molar-refractivity contribution in [2.75, 3.05) is 6.54 Å². The Bertz CT molecular complexity index is 292. The van der Waals surface area contributed by atoms with Gasteiger partial charge >= 0.3 is 6.09 Å². The van der Waals surface area contributed by atoms with Gasteiger partial charge in [0.2, 0.25) is 0 Å². The molecule has 0 aliphatic carbocycles. The lowest BCUT2D eigenvalue weighted by Gasteiger charge is -2.08. The Morgan fingerprint density at radius 3 is 2.71 bits per heavy atom. The molecular formula is C9H11FN2O2. The van der Waals surface area contributed by atoms with E-state index in [0.717, 1.165) is 0 Å². The molecule has 0 saturated heterocycles. The molecule has 0 aliphatic rings. The van der Waals surface area contributed by atoms with Gasteiger partial charge in [0.1, 0.15) is 6.17 Å². The van der Waals surface area contributed by atoms with Gasteiger partial charge in [0.05, 0.1) is 6.54 Å². The van der Waals surface area contributed by atoms with Crippen LogP contribution < -0.4 is 11.2 Å². The molecule has 76 valence electrons. The smallest absolute Gasteiger partial charge is 0.354 e. The Labute approximate surface area is 80.8 Å². The third-order valence-corrected chi connectivity index (χ3v) is 1.60. The average Bonchev–Trinajstić information content (AvgIpc) is 2.18. The maximum atomic E-state index is 13.3. The molecule has 4 nitrogen and oxygen atoms in total. The van der Waals surface area contributed by atoms with Crippen molar-refractivity contribution in [1.82, 2.24) is 5.48 Å². The van der Waals surface area contributed by atoms with Crippen LogP contribution in [0, 0.1) is 0 Å². The van der Waals surface area contributed by atoms with Crippen LogP contribution in [0.3, 0.4) is 0 Å². The number of nitrogens with one attached hydrogen (secondary N) is 1. The number of amides is 1. The van der Waals surface area contributed by atoms with Gasteiger partial charge in [-0.3, -0.25) is 0 Å². The normalized spacial score (nSPS) is 12.1. The molecule has 1 rings (SSSR count). The summed E-state index contributed by atoms with van der Waals surface area (Å²) in [6.07, 6.45) is -2.21. The van der Waals surface area contributed by atoms with Crippen LogP contribution in [0.15, 0.2) is 30.3 Å². The number of carbonyl (C=O) groups is 1. The zero-order valence-electron chi connectivity index (χ0n) is 7.44. The highest BCUT2D eigenvalue weighted by Crippen LogP contribution is 2.15. The van der Waals surface area contributed by atoms with Crippen molar-refractivity contribution < 1.29 is 14.0 Å². The minimum Gasteiger partial charge on any atom is -0.354 e. The molecule has 0 radical (unpaired) electrons. The van der Waals surface area contributed by atoms with E-state index >= 15 is 0 Å². The summed E-state index contributed by atoms with van der Waals surface area (Å²) >= 11 is 0. The van der Waals surface area contributed by atoms with E-state index in [1.807, 2.05) is 0 Å². The number of benzene rings is 1. The summed E-state index contributed by atoms with van der Waals surface area (Å²) in [5.74, 6) is 0. The number of halogens is 1. The second kappa shape index (κ2) is 5.18. The van der Waals surface area contributed by atoms with Gasteiger partial charge < -0.3 is 10.6 Å². The van der Waals surface area contributed by atoms with Gasteiger partial charge in [0.25, 0.3) is 0 Å². The zero-order valence-corrected chi connectivity index (χ0v) is 7.44. The van der Waals surface area contributed by atoms with Crippen LogP contribution in [0.4, 0.5) is 9.18 Å². The van der Waals surface area contributed by atoms with Crippen molar-refractivity contribution >= 4 is 6.09 Å². The molecule has 1 amide bonds. The summed E-state index contributed by atoms with van der Waals surface area (Å²) in [5, 5.41) is 0. The maximum absolute atomic E-state index is 13.3. The van der Waals surface area contributed by atoms with E-state index in [4.69, 9.17) is 0 Å². The molecule has 0 saturated carbocycles. The van der Waals surface area contributed by atoms with Gasteiger partial charge in [-0.1, -0.05) is 30.3 Å². The lowest BCUT2D eigenvalue weighted by molar-refractivity contribution is 0.0845. The molecule has 5 heteroatoms. The lowest BCUT2D eigenvalue weighted by Crippen LogP contribution is -2.27.